The minimum atomic E-state index is 0.0240. The number of fused-ring (bicyclic) bond motifs is 2. The fraction of sp³-hybridized carbons (Fsp3) is 0.500. The Bertz CT molecular complexity index is 886. The first-order chi connectivity index (χ1) is 13.7. The molecule has 8 heteroatoms. The Morgan fingerprint density at radius 2 is 2.00 bits per heavy atom. The van der Waals surface area contributed by atoms with Crippen LogP contribution in [0.5, 0.6) is 0 Å². The van der Waals surface area contributed by atoms with E-state index in [-0.39, 0.29) is 11.8 Å². The zero-order valence-electron chi connectivity index (χ0n) is 15.6. The van der Waals surface area contributed by atoms with Crippen LogP contribution < -0.4 is 10.2 Å². The molecule has 7 nitrogen and oxygen atoms in total. The summed E-state index contributed by atoms with van der Waals surface area (Å²) < 4.78 is 0. The van der Waals surface area contributed by atoms with Crippen LogP contribution >= 0.6 is 11.3 Å². The van der Waals surface area contributed by atoms with E-state index in [2.05, 4.69) is 26.3 Å². The maximum absolute atomic E-state index is 12.7. The van der Waals surface area contributed by atoms with Gasteiger partial charge in [-0.3, -0.25) is 9.59 Å². The molecule has 0 aliphatic carbocycles. The number of carbonyl (C=O) groups excluding carboxylic acids is 2. The van der Waals surface area contributed by atoms with Crippen LogP contribution in [-0.2, 0) is 22.4 Å². The van der Waals surface area contributed by atoms with Gasteiger partial charge in [-0.25, -0.2) is 9.97 Å². The molecule has 28 heavy (non-hydrogen) atoms. The molecule has 1 N–H and O–H groups in total. The Morgan fingerprint density at radius 1 is 1.18 bits per heavy atom. The number of pyridine rings is 1. The second kappa shape index (κ2) is 7.16. The van der Waals surface area contributed by atoms with Crippen molar-refractivity contribution >= 4 is 34.1 Å². The Kier molecular flexibility index (Phi) is 4.50. The van der Waals surface area contributed by atoms with Gasteiger partial charge in [0.2, 0.25) is 11.8 Å². The second-order valence-electron chi connectivity index (χ2n) is 7.94. The molecule has 0 bridgehead atoms. The highest BCUT2D eigenvalue weighted by molar-refractivity contribution is 7.13. The highest BCUT2D eigenvalue weighted by Crippen LogP contribution is 2.35. The summed E-state index contributed by atoms with van der Waals surface area (Å²) in [5.74, 6) is 2.05. The van der Waals surface area contributed by atoms with Gasteiger partial charge >= 0.3 is 0 Å². The Balaban J connectivity index is 1.14. The molecule has 0 radical (unpaired) electrons. The SMILES string of the molecule is O=C1CCc2cc(CCC(=O)N3C[C@@H]4CN(c5nccs5)C[C@@H]4C3)cnc2N1. The summed E-state index contributed by atoms with van der Waals surface area (Å²) in [6.07, 6.45) is 6.08. The quantitative estimate of drug-likeness (QED) is 0.853. The minimum Gasteiger partial charge on any atom is -0.347 e. The highest BCUT2D eigenvalue weighted by Gasteiger charge is 2.41. The summed E-state index contributed by atoms with van der Waals surface area (Å²) in [5.41, 5.74) is 2.14. The fourth-order valence-corrected chi connectivity index (χ4v) is 5.24. The summed E-state index contributed by atoms with van der Waals surface area (Å²) in [7, 11) is 0. The van der Waals surface area contributed by atoms with Crippen molar-refractivity contribution in [3.8, 4) is 0 Å². The number of carbonyl (C=O) groups is 2. The van der Waals surface area contributed by atoms with Gasteiger partial charge in [-0.2, -0.15) is 0 Å². The molecule has 2 aromatic rings. The molecule has 3 aliphatic heterocycles. The molecular formula is C20H23N5O2S. The van der Waals surface area contributed by atoms with Gasteiger partial charge < -0.3 is 15.1 Å². The molecule has 2 aromatic heterocycles. The minimum absolute atomic E-state index is 0.0240. The molecule has 5 heterocycles. The number of aryl methyl sites for hydroxylation is 2. The van der Waals surface area contributed by atoms with Crippen molar-refractivity contribution in [1.29, 1.82) is 0 Å². The van der Waals surface area contributed by atoms with Crippen molar-refractivity contribution in [2.24, 2.45) is 11.8 Å². The van der Waals surface area contributed by atoms with Gasteiger partial charge in [-0.1, -0.05) is 6.07 Å². The second-order valence-corrected chi connectivity index (χ2v) is 8.81. The fourth-order valence-electron chi connectivity index (χ4n) is 4.58. The lowest BCUT2D eigenvalue weighted by atomic mass is 10.0. The van der Waals surface area contributed by atoms with Crippen LogP contribution in [0.1, 0.15) is 24.0 Å². The normalized spacial score (nSPS) is 23.5. The predicted molar refractivity (Wildman–Crippen MR) is 107 cm³/mol. The largest absolute Gasteiger partial charge is 0.347 e. The molecule has 3 aliphatic rings. The number of anilines is 2. The van der Waals surface area contributed by atoms with Crippen LogP contribution in [-0.4, -0.2) is 52.9 Å². The van der Waals surface area contributed by atoms with E-state index in [1.54, 1.807) is 17.5 Å². The number of aromatic nitrogens is 2. The first-order valence-electron chi connectivity index (χ1n) is 9.85. The van der Waals surface area contributed by atoms with Gasteiger partial charge in [0.15, 0.2) is 5.13 Å². The summed E-state index contributed by atoms with van der Waals surface area (Å²) in [6.45, 7) is 3.73. The lowest BCUT2D eigenvalue weighted by molar-refractivity contribution is -0.130. The van der Waals surface area contributed by atoms with Gasteiger partial charge in [0, 0.05) is 68.6 Å². The van der Waals surface area contributed by atoms with E-state index in [9.17, 15) is 9.59 Å². The zero-order valence-corrected chi connectivity index (χ0v) is 16.5. The molecule has 2 atom stereocenters. The number of rotatable bonds is 4. The van der Waals surface area contributed by atoms with E-state index in [1.165, 1.54) is 0 Å². The molecule has 5 rings (SSSR count). The number of amides is 2. The van der Waals surface area contributed by atoms with E-state index in [1.807, 2.05) is 16.5 Å². The highest BCUT2D eigenvalue weighted by atomic mass is 32.1. The Morgan fingerprint density at radius 3 is 2.75 bits per heavy atom. The van der Waals surface area contributed by atoms with Gasteiger partial charge in [0.05, 0.1) is 0 Å². The van der Waals surface area contributed by atoms with Crippen LogP contribution in [0, 0.1) is 11.8 Å². The van der Waals surface area contributed by atoms with Crippen molar-refractivity contribution in [3.63, 3.8) is 0 Å². The molecule has 0 spiro atoms. The zero-order chi connectivity index (χ0) is 19.1. The molecule has 146 valence electrons. The van der Waals surface area contributed by atoms with Crippen LogP contribution in [0.25, 0.3) is 0 Å². The lowest BCUT2D eigenvalue weighted by Crippen LogP contribution is -2.33. The van der Waals surface area contributed by atoms with E-state index in [4.69, 9.17) is 0 Å². The van der Waals surface area contributed by atoms with Crippen LogP contribution in [0.2, 0.25) is 0 Å². The third kappa shape index (κ3) is 3.37. The van der Waals surface area contributed by atoms with Crippen LogP contribution in [0.15, 0.2) is 23.8 Å². The third-order valence-corrected chi connectivity index (χ3v) is 6.89. The first kappa shape index (κ1) is 17.6. The van der Waals surface area contributed by atoms with Gasteiger partial charge in [0.25, 0.3) is 0 Å². The molecule has 2 amide bonds. The van der Waals surface area contributed by atoms with Gasteiger partial charge in [0.1, 0.15) is 5.82 Å². The number of thiazole rings is 1. The summed E-state index contributed by atoms with van der Waals surface area (Å²) >= 11 is 1.69. The number of nitrogens with one attached hydrogen (secondary N) is 1. The lowest BCUT2D eigenvalue weighted by Gasteiger charge is -2.21. The predicted octanol–water partition coefficient (Wildman–Crippen LogP) is 1.95. The van der Waals surface area contributed by atoms with E-state index >= 15 is 0 Å². The Labute approximate surface area is 167 Å². The van der Waals surface area contributed by atoms with Gasteiger partial charge in [-0.05, 0) is 24.0 Å². The molecular weight excluding hydrogens is 374 g/mol. The number of hydrogen-bond acceptors (Lipinski definition) is 6. The Hall–Kier alpha value is -2.48. The smallest absolute Gasteiger partial charge is 0.225 e. The van der Waals surface area contributed by atoms with Crippen LogP contribution in [0.3, 0.4) is 0 Å². The van der Waals surface area contributed by atoms with Crippen molar-refractivity contribution < 1.29 is 9.59 Å². The third-order valence-electron chi connectivity index (χ3n) is 6.06. The molecule has 0 saturated carbocycles. The monoisotopic (exact) mass is 397 g/mol. The van der Waals surface area contributed by atoms with E-state index < -0.39 is 0 Å². The number of hydrogen-bond donors (Lipinski definition) is 1. The van der Waals surface area contributed by atoms with E-state index in [0.717, 1.165) is 48.9 Å². The summed E-state index contributed by atoms with van der Waals surface area (Å²) in [4.78, 5) is 37.3. The van der Waals surface area contributed by atoms with Crippen molar-refractivity contribution in [2.75, 3.05) is 36.4 Å². The topological polar surface area (TPSA) is 78.4 Å². The van der Waals surface area contributed by atoms with Crippen LogP contribution in [0.4, 0.5) is 10.9 Å². The maximum atomic E-state index is 12.7. The molecule has 2 fully saturated rings. The van der Waals surface area contributed by atoms with E-state index in [0.29, 0.717) is 36.9 Å². The van der Waals surface area contributed by atoms with Gasteiger partial charge in [-0.15, -0.1) is 11.3 Å². The summed E-state index contributed by atoms with van der Waals surface area (Å²) in [5, 5.41) is 5.92. The van der Waals surface area contributed by atoms with Crippen molar-refractivity contribution in [3.05, 3.63) is 35.0 Å². The first-order valence-corrected chi connectivity index (χ1v) is 10.7. The van der Waals surface area contributed by atoms with Crippen molar-refractivity contribution in [2.45, 2.75) is 25.7 Å². The standard InChI is InChI=1S/C20H23N5O2S/c26-17-3-2-14-7-13(8-22-19(14)23-17)1-4-18(27)24-9-15-11-25(12-16(15)10-24)20-21-5-6-28-20/h5-8,15-16H,1-4,9-12H2,(H,22,23,26)/t15-,16+. The van der Waals surface area contributed by atoms with Crippen molar-refractivity contribution in [1.82, 2.24) is 14.9 Å². The summed E-state index contributed by atoms with van der Waals surface area (Å²) in [6, 6.07) is 2.08. The average molecular weight is 398 g/mol. The molecule has 0 unspecified atom stereocenters. The number of nitrogens with zero attached hydrogens (tertiary/aromatic N) is 4. The number of likely N-dealkylation sites (tertiary alicyclic amines) is 1. The molecule has 2 saturated heterocycles. The maximum Gasteiger partial charge on any atom is 0.225 e. The average Bonchev–Trinajstić information content (AvgIpc) is 3.41. The molecule has 0 aromatic carbocycles.